The van der Waals surface area contributed by atoms with Crippen LogP contribution in [0.2, 0.25) is 0 Å². The first-order chi connectivity index (χ1) is 10.9. The van der Waals surface area contributed by atoms with Crippen LogP contribution in [0.15, 0.2) is 28.9 Å². The molecule has 2 rings (SSSR count). The maximum absolute atomic E-state index is 13.1. The van der Waals surface area contributed by atoms with Gasteiger partial charge in [0.1, 0.15) is 5.78 Å². The molecular weight excluding hydrogens is 297 g/mol. The number of Topliss-reactive ketones (excluding diaryl/α,β-unsaturated/α-hetero) is 1. The first-order valence-corrected chi connectivity index (χ1v) is 7.82. The Morgan fingerprint density at radius 1 is 1.30 bits per heavy atom. The Morgan fingerprint density at radius 2 is 1.96 bits per heavy atom. The maximum atomic E-state index is 13.1. The minimum atomic E-state index is -2.57. The van der Waals surface area contributed by atoms with E-state index in [9.17, 15) is 13.4 Å². The van der Waals surface area contributed by atoms with Crippen molar-refractivity contribution in [3.63, 3.8) is 0 Å². The highest BCUT2D eigenvalue weighted by molar-refractivity contribution is 6.41. The van der Waals surface area contributed by atoms with E-state index < -0.39 is 7.40 Å². The van der Waals surface area contributed by atoms with E-state index in [0.29, 0.717) is 29.9 Å². The van der Waals surface area contributed by atoms with Crippen LogP contribution in [0.1, 0.15) is 50.6 Å². The molecule has 0 bridgehead atoms. The van der Waals surface area contributed by atoms with Crippen LogP contribution in [0, 0.1) is 13.8 Å². The van der Waals surface area contributed by atoms with E-state index in [0.717, 1.165) is 15.8 Å². The van der Waals surface area contributed by atoms with Crippen LogP contribution in [-0.2, 0) is 4.79 Å². The van der Waals surface area contributed by atoms with Crippen LogP contribution in [0.3, 0.4) is 0 Å². The molecule has 0 amide bonds. The fraction of sp³-hybridized carbons (Fsp3) is 0.412. The third kappa shape index (κ3) is 5.01. The molecule has 0 aromatic carbocycles. The number of carbonyl (C=O) groups excluding carboxylic acids is 1. The molecule has 1 aromatic rings. The predicted octanol–water partition coefficient (Wildman–Crippen LogP) is 4.62. The lowest BCUT2D eigenvalue weighted by Gasteiger charge is -2.05. The standard InChI is InChI=1S/C15H17BF2N2O.C2H6/c1-10-8-11(2)20(16(17)18)15(10)9-14-7-6-13(19-14)5-4-12(3)21;1-2/h6-9H,4-5H2,1-3H3;1-2H3/b14-9-;. The van der Waals surface area contributed by atoms with Gasteiger partial charge in [0.25, 0.3) is 0 Å². The van der Waals surface area contributed by atoms with Gasteiger partial charge in [0.15, 0.2) is 0 Å². The molecule has 23 heavy (non-hydrogen) atoms. The Morgan fingerprint density at radius 3 is 2.52 bits per heavy atom. The zero-order chi connectivity index (χ0) is 17.6. The quantitative estimate of drug-likeness (QED) is 0.729. The van der Waals surface area contributed by atoms with Gasteiger partial charge in [-0.25, -0.2) is 0 Å². The second-order valence-electron chi connectivity index (χ2n) is 5.21. The molecule has 1 aliphatic rings. The summed E-state index contributed by atoms with van der Waals surface area (Å²) in [6.45, 7) is 9.00. The minimum absolute atomic E-state index is 0.113. The van der Waals surface area contributed by atoms with Crippen molar-refractivity contribution >= 4 is 25.0 Å². The average Bonchev–Trinajstić information content (AvgIpc) is 3.04. The van der Waals surface area contributed by atoms with Gasteiger partial charge in [-0.3, -0.25) is 13.6 Å². The lowest BCUT2D eigenvalue weighted by molar-refractivity contribution is -0.116. The van der Waals surface area contributed by atoms with Gasteiger partial charge in [-0.2, -0.15) is 0 Å². The Balaban J connectivity index is 0.00000127. The van der Waals surface area contributed by atoms with E-state index >= 15 is 0 Å². The van der Waals surface area contributed by atoms with Crippen molar-refractivity contribution in [2.45, 2.75) is 47.5 Å². The molecule has 0 atom stereocenters. The summed E-state index contributed by atoms with van der Waals surface area (Å²) in [7, 11) is -2.57. The van der Waals surface area contributed by atoms with Gasteiger partial charge in [-0.1, -0.05) is 13.8 Å². The topological polar surface area (TPSA) is 34.4 Å². The highest BCUT2D eigenvalue weighted by Crippen LogP contribution is 2.22. The summed E-state index contributed by atoms with van der Waals surface area (Å²) in [6, 6.07) is 1.73. The molecule has 0 N–H and O–H groups in total. The van der Waals surface area contributed by atoms with E-state index in [1.807, 2.05) is 19.9 Å². The first-order valence-electron chi connectivity index (χ1n) is 7.82. The summed E-state index contributed by atoms with van der Waals surface area (Å²) in [6.07, 6.45) is 6.30. The number of aromatic nitrogens is 1. The van der Waals surface area contributed by atoms with E-state index in [1.165, 1.54) is 6.92 Å². The largest absolute Gasteiger partial charge is 0.677 e. The summed E-state index contributed by atoms with van der Waals surface area (Å²) < 4.78 is 27.2. The number of hydrogen-bond donors (Lipinski definition) is 0. The van der Waals surface area contributed by atoms with Crippen molar-refractivity contribution in [1.82, 2.24) is 4.48 Å². The molecule has 0 radical (unpaired) electrons. The summed E-state index contributed by atoms with van der Waals surface area (Å²) in [5, 5.41) is 0. The van der Waals surface area contributed by atoms with Crippen molar-refractivity contribution < 1.29 is 13.4 Å². The Bertz CT molecular complexity index is 658. The van der Waals surface area contributed by atoms with Crippen molar-refractivity contribution in [2.24, 2.45) is 4.99 Å². The number of allylic oxidation sites excluding steroid dienone is 2. The van der Waals surface area contributed by atoms with Crippen molar-refractivity contribution in [3.05, 3.63) is 40.9 Å². The fourth-order valence-electron chi connectivity index (χ4n) is 2.36. The Labute approximate surface area is 137 Å². The van der Waals surface area contributed by atoms with E-state index in [2.05, 4.69) is 4.99 Å². The lowest BCUT2D eigenvalue weighted by Crippen LogP contribution is -2.16. The molecule has 1 aliphatic heterocycles. The van der Waals surface area contributed by atoms with Crippen molar-refractivity contribution in [3.8, 4) is 0 Å². The minimum Gasteiger partial charge on any atom is -0.329 e. The van der Waals surface area contributed by atoms with Gasteiger partial charge in [-0.05, 0) is 57.0 Å². The molecule has 0 spiro atoms. The SMILES string of the molecule is CC.CC(=O)CCC1=N/C(=C\c2c(C)cc(C)n2B(F)F)C=C1. The van der Waals surface area contributed by atoms with Gasteiger partial charge in [0.2, 0.25) is 0 Å². The molecule has 3 nitrogen and oxygen atoms in total. The normalized spacial score (nSPS) is 14.6. The Kier molecular flexibility index (Phi) is 7.13. The first kappa shape index (κ1) is 19.1. The number of carbonyl (C=O) groups is 1. The predicted molar refractivity (Wildman–Crippen MR) is 93.1 cm³/mol. The number of hydrogen-bond acceptors (Lipinski definition) is 2. The summed E-state index contributed by atoms with van der Waals surface area (Å²) in [5.41, 5.74) is 3.23. The van der Waals surface area contributed by atoms with E-state index in [1.54, 1.807) is 32.1 Å². The molecule has 6 heteroatoms. The number of aliphatic imine (C=N–C) groups is 1. The monoisotopic (exact) mass is 320 g/mol. The molecular formula is C17H23BF2N2O. The number of aryl methyl sites for hydroxylation is 2. The van der Waals surface area contributed by atoms with Gasteiger partial charge in [0, 0.05) is 23.5 Å². The number of rotatable bonds is 5. The average molecular weight is 320 g/mol. The summed E-state index contributed by atoms with van der Waals surface area (Å²) in [4.78, 5) is 15.3. The van der Waals surface area contributed by atoms with Gasteiger partial charge in [-0.15, -0.1) is 0 Å². The van der Waals surface area contributed by atoms with Gasteiger partial charge >= 0.3 is 7.40 Å². The van der Waals surface area contributed by atoms with Crippen LogP contribution in [-0.4, -0.2) is 23.4 Å². The van der Waals surface area contributed by atoms with Crippen LogP contribution < -0.4 is 0 Å². The molecule has 2 heterocycles. The fourth-order valence-corrected chi connectivity index (χ4v) is 2.36. The third-order valence-electron chi connectivity index (χ3n) is 3.40. The zero-order valence-electron chi connectivity index (χ0n) is 14.4. The molecule has 124 valence electrons. The molecule has 0 fully saturated rings. The van der Waals surface area contributed by atoms with E-state index in [4.69, 9.17) is 0 Å². The van der Waals surface area contributed by atoms with Gasteiger partial charge < -0.3 is 9.27 Å². The van der Waals surface area contributed by atoms with Crippen LogP contribution in [0.25, 0.3) is 6.08 Å². The number of ketones is 1. The molecule has 0 saturated heterocycles. The second kappa shape index (κ2) is 8.60. The van der Waals surface area contributed by atoms with E-state index in [-0.39, 0.29) is 5.78 Å². The highest BCUT2D eigenvalue weighted by Gasteiger charge is 2.23. The number of nitrogens with zero attached hydrogens (tertiary/aromatic N) is 2. The molecule has 0 aliphatic carbocycles. The summed E-state index contributed by atoms with van der Waals surface area (Å²) in [5.74, 6) is 0.113. The zero-order valence-corrected chi connectivity index (χ0v) is 14.4. The van der Waals surface area contributed by atoms with Crippen molar-refractivity contribution in [2.75, 3.05) is 0 Å². The van der Waals surface area contributed by atoms with Crippen LogP contribution in [0.4, 0.5) is 8.63 Å². The van der Waals surface area contributed by atoms with Crippen LogP contribution in [0.5, 0.6) is 0 Å². The van der Waals surface area contributed by atoms with Gasteiger partial charge in [0.05, 0.1) is 5.70 Å². The highest BCUT2D eigenvalue weighted by atomic mass is 19.2. The van der Waals surface area contributed by atoms with Crippen LogP contribution >= 0.6 is 0 Å². The van der Waals surface area contributed by atoms with Crippen molar-refractivity contribution in [1.29, 1.82) is 0 Å². The summed E-state index contributed by atoms with van der Waals surface area (Å²) >= 11 is 0. The molecule has 0 saturated carbocycles. The lowest BCUT2D eigenvalue weighted by atomic mass is 10.1. The second-order valence-corrected chi connectivity index (χ2v) is 5.21. The molecule has 0 unspecified atom stereocenters. The third-order valence-corrected chi connectivity index (χ3v) is 3.40. The smallest absolute Gasteiger partial charge is 0.329 e. The number of halogens is 2. The maximum Gasteiger partial charge on any atom is 0.677 e. The molecule has 1 aromatic heterocycles. The Hall–Kier alpha value is -1.98.